The van der Waals surface area contributed by atoms with Crippen LogP contribution in [-0.2, 0) is 17.8 Å². The number of hydrogen-bond donors (Lipinski definition) is 3. The van der Waals surface area contributed by atoms with Gasteiger partial charge in [0.05, 0.1) is 25.5 Å². The van der Waals surface area contributed by atoms with Gasteiger partial charge in [0.25, 0.3) is 5.91 Å². The maximum atomic E-state index is 12.3. The number of ether oxygens (including phenoxy) is 1. The molecule has 1 aromatic heterocycles. The highest BCUT2D eigenvalue weighted by Gasteiger charge is 2.16. The number of carbonyl (C=O) groups excluding carboxylic acids is 2. The van der Waals surface area contributed by atoms with E-state index in [4.69, 9.17) is 9.15 Å². The zero-order chi connectivity index (χ0) is 20.4. The summed E-state index contributed by atoms with van der Waals surface area (Å²) in [5, 5.41) is 8.56. The maximum absolute atomic E-state index is 12.3. The van der Waals surface area contributed by atoms with Crippen LogP contribution in [0.4, 0.5) is 4.79 Å². The van der Waals surface area contributed by atoms with Crippen molar-refractivity contribution in [2.75, 3.05) is 13.2 Å². The van der Waals surface area contributed by atoms with Crippen LogP contribution in [0.25, 0.3) is 0 Å². The van der Waals surface area contributed by atoms with Gasteiger partial charge in [-0.25, -0.2) is 4.79 Å². The van der Waals surface area contributed by atoms with Gasteiger partial charge in [-0.1, -0.05) is 26.0 Å². The summed E-state index contributed by atoms with van der Waals surface area (Å²) < 4.78 is 10.6. The molecule has 28 heavy (non-hydrogen) atoms. The Morgan fingerprint density at radius 3 is 2.61 bits per heavy atom. The first kappa shape index (κ1) is 21.5. The molecule has 0 radical (unpaired) electrons. The molecule has 0 aliphatic heterocycles. The minimum atomic E-state index is -0.258. The van der Waals surface area contributed by atoms with Gasteiger partial charge in [-0.2, -0.15) is 0 Å². The van der Waals surface area contributed by atoms with E-state index in [1.165, 1.54) is 0 Å². The molecule has 2 aromatic rings. The first-order valence-electron chi connectivity index (χ1n) is 9.51. The third-order valence-electron chi connectivity index (χ3n) is 4.27. The lowest BCUT2D eigenvalue weighted by Gasteiger charge is -2.22. The van der Waals surface area contributed by atoms with Gasteiger partial charge in [0, 0.05) is 18.7 Å². The summed E-state index contributed by atoms with van der Waals surface area (Å²) in [6.45, 7) is 7.74. The standard InChI is InChI=1S/C21H29N3O4/c1-4-27-14-19(15(2)3)24-21(26)23-12-16-7-5-8-17(11-16)20(25)22-13-18-9-6-10-28-18/h5-11,15,19H,4,12-14H2,1-3H3,(H,22,25)(H2,23,24,26). The van der Waals surface area contributed by atoms with Crippen LogP contribution in [0.15, 0.2) is 47.1 Å². The highest BCUT2D eigenvalue weighted by atomic mass is 16.5. The second-order valence-corrected chi connectivity index (χ2v) is 6.80. The average Bonchev–Trinajstić information content (AvgIpc) is 3.21. The fraction of sp³-hybridized carbons (Fsp3) is 0.429. The van der Waals surface area contributed by atoms with Crippen molar-refractivity contribution in [3.63, 3.8) is 0 Å². The smallest absolute Gasteiger partial charge is 0.315 e. The molecule has 1 atom stereocenters. The molecule has 1 heterocycles. The largest absolute Gasteiger partial charge is 0.467 e. The van der Waals surface area contributed by atoms with Gasteiger partial charge in [-0.15, -0.1) is 0 Å². The molecule has 0 saturated carbocycles. The van der Waals surface area contributed by atoms with Crippen LogP contribution in [0.1, 0.15) is 42.5 Å². The number of furan rings is 1. The lowest BCUT2D eigenvalue weighted by atomic mass is 10.1. The zero-order valence-corrected chi connectivity index (χ0v) is 16.7. The van der Waals surface area contributed by atoms with Crippen LogP contribution in [-0.4, -0.2) is 31.2 Å². The van der Waals surface area contributed by atoms with Crippen molar-refractivity contribution >= 4 is 11.9 Å². The number of rotatable bonds is 10. The number of nitrogens with one attached hydrogen (secondary N) is 3. The van der Waals surface area contributed by atoms with Gasteiger partial charge in [-0.05, 0) is 42.7 Å². The molecule has 1 aromatic carbocycles. The first-order valence-corrected chi connectivity index (χ1v) is 9.51. The third kappa shape index (κ3) is 7.08. The Bertz CT molecular complexity index is 744. The minimum Gasteiger partial charge on any atom is -0.467 e. The molecule has 3 amide bonds. The highest BCUT2D eigenvalue weighted by molar-refractivity contribution is 5.94. The normalized spacial score (nSPS) is 11.9. The van der Waals surface area contributed by atoms with Crippen LogP contribution >= 0.6 is 0 Å². The van der Waals surface area contributed by atoms with Crippen molar-refractivity contribution in [2.45, 2.75) is 39.9 Å². The van der Waals surface area contributed by atoms with E-state index in [1.54, 1.807) is 36.6 Å². The SMILES string of the molecule is CCOCC(NC(=O)NCc1cccc(C(=O)NCc2ccco2)c1)C(C)C. The maximum Gasteiger partial charge on any atom is 0.315 e. The van der Waals surface area contributed by atoms with Gasteiger partial charge in [-0.3, -0.25) is 4.79 Å². The fourth-order valence-electron chi connectivity index (χ4n) is 2.55. The van der Waals surface area contributed by atoms with Crippen molar-refractivity contribution in [3.8, 4) is 0 Å². The molecule has 0 fully saturated rings. The van der Waals surface area contributed by atoms with Crippen LogP contribution in [0.2, 0.25) is 0 Å². The molecule has 0 bridgehead atoms. The van der Waals surface area contributed by atoms with Crippen molar-refractivity contribution in [1.29, 1.82) is 0 Å². The number of benzene rings is 1. The average molecular weight is 387 g/mol. The predicted octanol–water partition coefficient (Wildman–Crippen LogP) is 3.07. The lowest BCUT2D eigenvalue weighted by Crippen LogP contribution is -2.46. The molecule has 0 saturated heterocycles. The molecule has 2 rings (SSSR count). The molecular formula is C21H29N3O4. The van der Waals surface area contributed by atoms with E-state index in [2.05, 4.69) is 16.0 Å². The molecule has 0 aliphatic rings. The van der Waals surface area contributed by atoms with Gasteiger partial charge in [0.15, 0.2) is 0 Å². The second-order valence-electron chi connectivity index (χ2n) is 6.80. The van der Waals surface area contributed by atoms with E-state index in [-0.39, 0.29) is 23.9 Å². The molecule has 1 unspecified atom stereocenters. The fourth-order valence-corrected chi connectivity index (χ4v) is 2.55. The van der Waals surface area contributed by atoms with Gasteiger partial charge in [0.2, 0.25) is 0 Å². The molecule has 3 N–H and O–H groups in total. The first-order chi connectivity index (χ1) is 13.5. The molecule has 0 spiro atoms. The molecule has 152 valence electrons. The van der Waals surface area contributed by atoms with Crippen molar-refractivity contribution < 1.29 is 18.7 Å². The summed E-state index contributed by atoms with van der Waals surface area (Å²) >= 11 is 0. The van der Waals surface area contributed by atoms with E-state index < -0.39 is 0 Å². The lowest BCUT2D eigenvalue weighted by molar-refractivity contribution is 0.0948. The minimum absolute atomic E-state index is 0.0568. The Morgan fingerprint density at radius 2 is 1.93 bits per heavy atom. The van der Waals surface area contributed by atoms with E-state index in [0.717, 1.165) is 5.56 Å². The molecular weight excluding hydrogens is 358 g/mol. The highest BCUT2D eigenvalue weighted by Crippen LogP contribution is 2.07. The Hall–Kier alpha value is -2.80. The summed E-state index contributed by atoms with van der Waals surface area (Å²) in [5.41, 5.74) is 1.37. The van der Waals surface area contributed by atoms with E-state index in [0.29, 0.717) is 37.6 Å². The Kier molecular flexibility index (Phi) is 8.55. The number of hydrogen-bond acceptors (Lipinski definition) is 4. The van der Waals surface area contributed by atoms with Crippen molar-refractivity contribution in [3.05, 3.63) is 59.5 Å². The number of amides is 3. The summed E-state index contributed by atoms with van der Waals surface area (Å²) in [4.78, 5) is 24.5. The molecule has 7 heteroatoms. The van der Waals surface area contributed by atoms with E-state index in [9.17, 15) is 9.59 Å². The number of carbonyl (C=O) groups is 2. The van der Waals surface area contributed by atoms with E-state index >= 15 is 0 Å². The zero-order valence-electron chi connectivity index (χ0n) is 16.7. The second kappa shape index (κ2) is 11.1. The van der Waals surface area contributed by atoms with E-state index in [1.807, 2.05) is 26.8 Å². The monoisotopic (exact) mass is 387 g/mol. The predicted molar refractivity (Wildman–Crippen MR) is 107 cm³/mol. The topological polar surface area (TPSA) is 92.6 Å². The summed E-state index contributed by atoms with van der Waals surface area (Å²) in [6, 6.07) is 10.4. The van der Waals surface area contributed by atoms with Gasteiger partial charge < -0.3 is 25.1 Å². The third-order valence-corrected chi connectivity index (χ3v) is 4.27. The van der Waals surface area contributed by atoms with Gasteiger partial charge >= 0.3 is 6.03 Å². The van der Waals surface area contributed by atoms with Crippen LogP contribution in [0.3, 0.4) is 0 Å². The van der Waals surface area contributed by atoms with Crippen molar-refractivity contribution in [2.24, 2.45) is 5.92 Å². The summed E-state index contributed by atoms with van der Waals surface area (Å²) in [7, 11) is 0. The Labute approximate surface area is 165 Å². The number of urea groups is 1. The molecule has 0 aliphatic carbocycles. The Balaban J connectivity index is 1.84. The van der Waals surface area contributed by atoms with Crippen LogP contribution < -0.4 is 16.0 Å². The quantitative estimate of drug-likeness (QED) is 0.584. The van der Waals surface area contributed by atoms with Crippen LogP contribution in [0, 0.1) is 5.92 Å². The summed E-state index contributed by atoms with van der Waals surface area (Å²) in [6.07, 6.45) is 1.57. The Morgan fingerprint density at radius 1 is 1.11 bits per heavy atom. The van der Waals surface area contributed by atoms with Crippen molar-refractivity contribution in [1.82, 2.24) is 16.0 Å². The molecule has 7 nitrogen and oxygen atoms in total. The van der Waals surface area contributed by atoms with Gasteiger partial charge in [0.1, 0.15) is 5.76 Å². The van der Waals surface area contributed by atoms with Crippen LogP contribution in [0.5, 0.6) is 0 Å². The summed E-state index contributed by atoms with van der Waals surface area (Å²) in [5.74, 6) is 0.757.